The monoisotopic (exact) mass is 476 g/mol. The van der Waals surface area contributed by atoms with E-state index in [1.165, 1.54) is 26.4 Å². The lowest BCUT2D eigenvalue weighted by atomic mass is 9.81. The predicted molar refractivity (Wildman–Crippen MR) is 128 cm³/mol. The first-order valence-electron chi connectivity index (χ1n) is 11.8. The lowest BCUT2D eigenvalue weighted by Gasteiger charge is -2.37. The number of nitrogens with zero attached hydrogens (tertiary/aromatic N) is 2. The normalized spacial score (nSPS) is 22.8. The van der Waals surface area contributed by atoms with Gasteiger partial charge in [0.15, 0.2) is 0 Å². The smallest absolute Gasteiger partial charge is 0.308 e. The van der Waals surface area contributed by atoms with E-state index in [2.05, 4.69) is 9.88 Å². The Morgan fingerprint density at radius 3 is 2.88 bits per heavy atom. The highest BCUT2D eigenvalue weighted by molar-refractivity contribution is 7.99. The Hall–Kier alpha value is -1.90. The van der Waals surface area contributed by atoms with E-state index in [0.29, 0.717) is 36.0 Å². The van der Waals surface area contributed by atoms with Crippen LogP contribution in [0.15, 0.2) is 24.4 Å². The Balaban J connectivity index is 1.37. The molecule has 6 nitrogen and oxygen atoms in total. The number of aliphatic hydroxyl groups excluding tert-OH is 1. The predicted octanol–water partition coefficient (Wildman–Crippen LogP) is 4.50. The summed E-state index contributed by atoms with van der Waals surface area (Å²) in [4.78, 5) is 18.4. The third-order valence-electron chi connectivity index (χ3n) is 7.18. The van der Waals surface area contributed by atoms with Crippen molar-refractivity contribution in [2.75, 3.05) is 32.5 Å². The number of methoxy groups -OCH3 is 1. The number of halogens is 1. The first-order chi connectivity index (χ1) is 16.0. The lowest BCUT2D eigenvalue weighted by molar-refractivity contribution is -0.146. The van der Waals surface area contributed by atoms with Gasteiger partial charge in [0, 0.05) is 35.0 Å². The van der Waals surface area contributed by atoms with Gasteiger partial charge in [0.25, 0.3) is 0 Å². The molecule has 1 aromatic carbocycles. The number of aliphatic hydroxyl groups is 1. The van der Waals surface area contributed by atoms with Crippen LogP contribution in [0.5, 0.6) is 5.75 Å². The molecule has 3 atom stereocenters. The Morgan fingerprint density at radius 2 is 2.18 bits per heavy atom. The zero-order chi connectivity index (χ0) is 23.4. The maximum absolute atomic E-state index is 14.7. The number of carboxylic acids is 1. The molecule has 33 heavy (non-hydrogen) atoms. The summed E-state index contributed by atoms with van der Waals surface area (Å²) in [6.07, 6.45) is 5.69. The van der Waals surface area contributed by atoms with Crippen molar-refractivity contribution in [3.8, 4) is 5.75 Å². The van der Waals surface area contributed by atoms with Gasteiger partial charge in [-0.15, -0.1) is 0 Å². The molecule has 0 spiro atoms. The summed E-state index contributed by atoms with van der Waals surface area (Å²) in [6, 6.07) is 5.17. The van der Waals surface area contributed by atoms with E-state index in [9.17, 15) is 19.4 Å². The van der Waals surface area contributed by atoms with Crippen LogP contribution in [0.4, 0.5) is 4.39 Å². The molecule has 0 amide bonds. The number of pyridine rings is 1. The van der Waals surface area contributed by atoms with Crippen molar-refractivity contribution in [1.82, 2.24) is 9.88 Å². The molecule has 2 heterocycles. The number of ether oxygens (including phenoxy) is 1. The lowest BCUT2D eigenvalue weighted by Crippen LogP contribution is -2.44. The number of likely N-dealkylation sites (tertiary alicyclic amines) is 1. The van der Waals surface area contributed by atoms with Crippen molar-refractivity contribution in [3.63, 3.8) is 0 Å². The van der Waals surface area contributed by atoms with Crippen LogP contribution in [-0.2, 0) is 4.79 Å². The number of thioether (sulfide) groups is 1. The van der Waals surface area contributed by atoms with Crippen LogP contribution in [-0.4, -0.2) is 63.8 Å². The van der Waals surface area contributed by atoms with Crippen molar-refractivity contribution in [3.05, 3.63) is 35.8 Å². The van der Waals surface area contributed by atoms with Crippen LogP contribution in [0.25, 0.3) is 10.9 Å². The summed E-state index contributed by atoms with van der Waals surface area (Å²) in [7, 11) is 1.54. The van der Waals surface area contributed by atoms with Crippen molar-refractivity contribution in [1.29, 1.82) is 0 Å². The summed E-state index contributed by atoms with van der Waals surface area (Å²) in [5.74, 6) is -0.208. The molecule has 1 saturated carbocycles. The maximum atomic E-state index is 14.7. The summed E-state index contributed by atoms with van der Waals surface area (Å²) < 4.78 is 19.9. The van der Waals surface area contributed by atoms with E-state index < -0.39 is 23.8 Å². The van der Waals surface area contributed by atoms with Gasteiger partial charge in [0.2, 0.25) is 0 Å². The minimum Gasteiger partial charge on any atom is -0.497 e. The van der Waals surface area contributed by atoms with Gasteiger partial charge < -0.3 is 19.8 Å². The second-order valence-electron chi connectivity index (χ2n) is 9.21. The quantitative estimate of drug-likeness (QED) is 0.522. The molecule has 2 N–H and O–H groups in total. The van der Waals surface area contributed by atoms with Crippen molar-refractivity contribution >= 4 is 28.6 Å². The highest BCUT2D eigenvalue weighted by Crippen LogP contribution is 2.35. The molecule has 0 radical (unpaired) electrons. The van der Waals surface area contributed by atoms with Gasteiger partial charge in [-0.3, -0.25) is 9.78 Å². The van der Waals surface area contributed by atoms with Gasteiger partial charge in [0.05, 0.1) is 30.8 Å². The Labute approximate surface area is 198 Å². The molecule has 1 aromatic heterocycles. The van der Waals surface area contributed by atoms with Gasteiger partial charge in [-0.1, -0.05) is 6.42 Å². The standard InChI is InChI=1S/C25H33FN2O4S/c1-32-17-6-7-22-19(13-17)24(21(26)14-27-22)23(29)8-5-16-9-10-28(15-20(16)25(30)31)11-12-33-18-3-2-4-18/h6-7,13-14,16,18,20,23,29H,2-5,8-12,15H2,1H3,(H,30,31). The largest absolute Gasteiger partial charge is 0.497 e. The zero-order valence-corrected chi connectivity index (χ0v) is 19.9. The average molecular weight is 477 g/mol. The van der Waals surface area contributed by atoms with Crippen LogP contribution in [0.2, 0.25) is 0 Å². The van der Waals surface area contributed by atoms with Crippen LogP contribution >= 0.6 is 11.8 Å². The zero-order valence-electron chi connectivity index (χ0n) is 19.1. The summed E-state index contributed by atoms with van der Waals surface area (Å²) in [5.41, 5.74) is 0.791. The van der Waals surface area contributed by atoms with Crippen molar-refractivity contribution < 1.29 is 24.1 Å². The van der Waals surface area contributed by atoms with Crippen LogP contribution in [0, 0.1) is 17.7 Å². The minimum atomic E-state index is -1.03. The highest BCUT2D eigenvalue weighted by atomic mass is 32.2. The van der Waals surface area contributed by atoms with E-state index in [-0.39, 0.29) is 11.5 Å². The van der Waals surface area contributed by atoms with Crippen LogP contribution in [0.1, 0.15) is 50.2 Å². The molecular weight excluding hydrogens is 443 g/mol. The second-order valence-corrected chi connectivity index (χ2v) is 10.6. The second kappa shape index (κ2) is 11.0. The average Bonchev–Trinajstić information content (AvgIpc) is 2.78. The van der Waals surface area contributed by atoms with Crippen molar-refractivity contribution in [2.45, 2.75) is 49.9 Å². The Morgan fingerprint density at radius 1 is 1.36 bits per heavy atom. The third-order valence-corrected chi connectivity index (χ3v) is 8.54. The van der Waals surface area contributed by atoms with Gasteiger partial charge in [-0.05, 0) is 62.8 Å². The number of hydrogen-bond acceptors (Lipinski definition) is 6. The number of carboxylic acid groups (broad SMARTS) is 1. The minimum absolute atomic E-state index is 0.0293. The number of aliphatic carboxylic acids is 1. The SMILES string of the molecule is COc1ccc2ncc(F)c(C(O)CCC3CCN(CCSC4CCC4)CC3C(=O)O)c2c1. The van der Waals surface area contributed by atoms with Crippen LogP contribution < -0.4 is 4.74 Å². The van der Waals surface area contributed by atoms with Gasteiger partial charge in [-0.25, -0.2) is 4.39 Å². The molecule has 8 heteroatoms. The number of hydrogen-bond donors (Lipinski definition) is 2. The Kier molecular flexibility index (Phi) is 8.09. The number of carbonyl (C=O) groups is 1. The van der Waals surface area contributed by atoms with E-state index in [4.69, 9.17) is 4.74 Å². The number of aromatic nitrogens is 1. The third kappa shape index (κ3) is 5.78. The van der Waals surface area contributed by atoms with Crippen LogP contribution in [0.3, 0.4) is 0 Å². The van der Waals surface area contributed by atoms with Gasteiger partial charge in [0.1, 0.15) is 11.6 Å². The number of rotatable bonds is 10. The topological polar surface area (TPSA) is 82.9 Å². The number of benzene rings is 1. The van der Waals surface area contributed by atoms with Gasteiger partial charge >= 0.3 is 5.97 Å². The number of fused-ring (bicyclic) bond motifs is 1. The van der Waals surface area contributed by atoms with E-state index in [0.717, 1.165) is 36.7 Å². The molecule has 2 aliphatic rings. The number of piperidine rings is 1. The first kappa shape index (κ1) is 24.2. The molecule has 1 saturated heterocycles. The molecule has 2 fully saturated rings. The Bertz CT molecular complexity index is 971. The molecule has 4 rings (SSSR count). The van der Waals surface area contributed by atoms with E-state index >= 15 is 0 Å². The summed E-state index contributed by atoms with van der Waals surface area (Å²) in [6.45, 7) is 2.35. The first-order valence-corrected chi connectivity index (χ1v) is 12.9. The molecule has 1 aliphatic heterocycles. The molecule has 2 aromatic rings. The fourth-order valence-corrected chi connectivity index (χ4v) is 6.30. The molecule has 3 unspecified atom stereocenters. The maximum Gasteiger partial charge on any atom is 0.308 e. The van der Waals surface area contributed by atoms with Gasteiger partial charge in [-0.2, -0.15) is 11.8 Å². The fourth-order valence-electron chi connectivity index (χ4n) is 4.93. The molecule has 1 aliphatic carbocycles. The molecule has 180 valence electrons. The fraction of sp³-hybridized carbons (Fsp3) is 0.600. The summed E-state index contributed by atoms with van der Waals surface area (Å²) in [5, 5.41) is 22.1. The molecular formula is C25H33FN2O4S. The summed E-state index contributed by atoms with van der Waals surface area (Å²) >= 11 is 2.01. The van der Waals surface area contributed by atoms with E-state index in [1.807, 2.05) is 11.8 Å². The highest BCUT2D eigenvalue weighted by Gasteiger charge is 2.34. The van der Waals surface area contributed by atoms with Crippen molar-refractivity contribution in [2.24, 2.45) is 11.8 Å². The van der Waals surface area contributed by atoms with E-state index in [1.54, 1.807) is 18.2 Å². The molecule has 0 bridgehead atoms.